The molecular weight excluding hydrogens is 260 g/mol. The second-order valence-electron chi connectivity index (χ2n) is 4.20. The van der Waals surface area contributed by atoms with E-state index in [0.717, 1.165) is 11.3 Å². The fraction of sp³-hybridized carbons (Fsp3) is 0.400. The minimum absolute atomic E-state index is 0.0603. The Bertz CT molecular complexity index is 520. The quantitative estimate of drug-likeness (QED) is 0.618. The highest BCUT2D eigenvalue weighted by molar-refractivity contribution is 7.13. The van der Waals surface area contributed by atoms with Crippen LogP contribution in [-0.4, -0.2) is 28.5 Å². The molecule has 0 radical (unpaired) electrons. The number of nitro groups is 1. The SMILES string of the molecule is O=C(NCC1(C(=O)O)CC1)c1csc([N+](=O)[O-])c1. The fourth-order valence-corrected chi connectivity index (χ4v) is 2.21. The summed E-state index contributed by atoms with van der Waals surface area (Å²) >= 11 is 0.865. The lowest BCUT2D eigenvalue weighted by Crippen LogP contribution is -2.34. The number of rotatable bonds is 5. The Labute approximate surface area is 106 Å². The Morgan fingerprint density at radius 1 is 1.56 bits per heavy atom. The number of hydrogen-bond acceptors (Lipinski definition) is 5. The smallest absolute Gasteiger partial charge is 0.324 e. The number of nitrogens with one attached hydrogen (secondary N) is 1. The van der Waals surface area contributed by atoms with E-state index in [4.69, 9.17) is 5.11 Å². The second-order valence-corrected chi connectivity index (χ2v) is 5.09. The molecule has 2 rings (SSSR count). The van der Waals surface area contributed by atoms with Crippen molar-refractivity contribution in [3.63, 3.8) is 0 Å². The molecular formula is C10H10N2O5S. The second kappa shape index (κ2) is 4.37. The van der Waals surface area contributed by atoms with E-state index < -0.39 is 22.2 Å². The predicted octanol–water partition coefficient (Wildman–Crippen LogP) is 1.25. The zero-order valence-electron chi connectivity index (χ0n) is 9.21. The summed E-state index contributed by atoms with van der Waals surface area (Å²) in [6.45, 7) is 0.0603. The largest absolute Gasteiger partial charge is 0.481 e. The molecule has 0 aliphatic heterocycles. The third-order valence-electron chi connectivity index (χ3n) is 2.92. The van der Waals surface area contributed by atoms with Crippen molar-refractivity contribution in [1.82, 2.24) is 5.32 Å². The molecule has 1 aromatic rings. The average Bonchev–Trinajstić information content (AvgIpc) is 2.94. The van der Waals surface area contributed by atoms with Gasteiger partial charge in [-0.15, -0.1) is 0 Å². The van der Waals surface area contributed by atoms with E-state index in [1.54, 1.807) is 0 Å². The summed E-state index contributed by atoms with van der Waals surface area (Å²) in [4.78, 5) is 32.4. The first kappa shape index (κ1) is 12.5. The topological polar surface area (TPSA) is 110 Å². The zero-order valence-corrected chi connectivity index (χ0v) is 10.0. The first-order chi connectivity index (χ1) is 8.44. The van der Waals surface area contributed by atoms with Gasteiger partial charge in [0.15, 0.2) is 0 Å². The van der Waals surface area contributed by atoms with Crippen molar-refractivity contribution in [3.8, 4) is 0 Å². The van der Waals surface area contributed by atoms with Crippen LogP contribution in [0.5, 0.6) is 0 Å². The van der Waals surface area contributed by atoms with Gasteiger partial charge in [0, 0.05) is 18.0 Å². The van der Waals surface area contributed by atoms with Gasteiger partial charge in [-0.2, -0.15) is 0 Å². The van der Waals surface area contributed by atoms with Gasteiger partial charge in [-0.05, 0) is 12.8 Å². The zero-order chi connectivity index (χ0) is 13.3. The van der Waals surface area contributed by atoms with Crippen molar-refractivity contribution in [2.75, 3.05) is 6.54 Å². The third-order valence-corrected chi connectivity index (χ3v) is 3.80. The number of carbonyl (C=O) groups is 2. The molecule has 0 atom stereocenters. The molecule has 1 fully saturated rings. The van der Waals surface area contributed by atoms with E-state index in [1.807, 2.05) is 0 Å². The Balaban J connectivity index is 1.96. The van der Waals surface area contributed by atoms with Crippen LogP contribution in [0.1, 0.15) is 23.2 Å². The number of amides is 1. The minimum Gasteiger partial charge on any atom is -0.481 e. The van der Waals surface area contributed by atoms with Crippen molar-refractivity contribution in [3.05, 3.63) is 27.1 Å². The van der Waals surface area contributed by atoms with Crippen LogP contribution in [0.25, 0.3) is 0 Å². The van der Waals surface area contributed by atoms with Crippen LogP contribution in [0.4, 0.5) is 5.00 Å². The Hall–Kier alpha value is -1.96. The molecule has 2 N–H and O–H groups in total. The van der Waals surface area contributed by atoms with Crippen LogP contribution in [0, 0.1) is 15.5 Å². The normalized spacial score (nSPS) is 16.0. The Kier molecular flexibility index (Phi) is 3.04. The van der Waals surface area contributed by atoms with Crippen molar-refractivity contribution in [2.24, 2.45) is 5.41 Å². The number of hydrogen-bond donors (Lipinski definition) is 2. The molecule has 18 heavy (non-hydrogen) atoms. The summed E-state index contributed by atoms with van der Waals surface area (Å²) in [6, 6.07) is 1.18. The highest BCUT2D eigenvalue weighted by atomic mass is 32.1. The number of nitrogens with zero attached hydrogens (tertiary/aromatic N) is 1. The number of carbonyl (C=O) groups excluding carboxylic acids is 1. The summed E-state index contributed by atoms with van der Waals surface area (Å²) in [7, 11) is 0. The van der Waals surface area contributed by atoms with E-state index in [1.165, 1.54) is 11.4 Å². The Morgan fingerprint density at radius 2 is 2.22 bits per heavy atom. The monoisotopic (exact) mass is 270 g/mol. The third kappa shape index (κ3) is 2.33. The van der Waals surface area contributed by atoms with Gasteiger partial charge in [0.25, 0.3) is 5.91 Å². The molecule has 0 unspecified atom stereocenters. The molecule has 1 aliphatic rings. The van der Waals surface area contributed by atoms with Crippen LogP contribution >= 0.6 is 11.3 Å². The molecule has 7 nitrogen and oxygen atoms in total. The first-order valence-corrected chi connectivity index (χ1v) is 6.07. The number of carboxylic acid groups (broad SMARTS) is 1. The van der Waals surface area contributed by atoms with Crippen LogP contribution in [0.3, 0.4) is 0 Å². The summed E-state index contributed by atoms with van der Waals surface area (Å²) < 4.78 is 0. The van der Waals surface area contributed by atoms with Gasteiger partial charge in [-0.1, -0.05) is 11.3 Å². The van der Waals surface area contributed by atoms with Gasteiger partial charge in [0.2, 0.25) is 0 Å². The molecule has 1 amide bonds. The van der Waals surface area contributed by atoms with E-state index in [9.17, 15) is 19.7 Å². The first-order valence-electron chi connectivity index (χ1n) is 5.19. The predicted molar refractivity (Wildman–Crippen MR) is 62.6 cm³/mol. The van der Waals surface area contributed by atoms with Crippen LogP contribution in [0.15, 0.2) is 11.4 Å². The van der Waals surface area contributed by atoms with Crippen molar-refractivity contribution in [2.45, 2.75) is 12.8 Å². The van der Waals surface area contributed by atoms with Gasteiger partial charge in [-0.3, -0.25) is 19.7 Å². The maximum atomic E-state index is 11.7. The lowest BCUT2D eigenvalue weighted by molar-refractivity contribution is -0.380. The lowest BCUT2D eigenvalue weighted by Gasteiger charge is -2.10. The summed E-state index contributed by atoms with van der Waals surface area (Å²) in [6.07, 6.45) is 1.10. The molecule has 1 heterocycles. The average molecular weight is 270 g/mol. The van der Waals surface area contributed by atoms with Gasteiger partial charge < -0.3 is 10.4 Å². The van der Waals surface area contributed by atoms with Crippen molar-refractivity contribution in [1.29, 1.82) is 0 Å². The van der Waals surface area contributed by atoms with Gasteiger partial charge in [0.1, 0.15) is 0 Å². The van der Waals surface area contributed by atoms with E-state index in [2.05, 4.69) is 5.32 Å². The molecule has 0 aromatic carbocycles. The lowest BCUT2D eigenvalue weighted by atomic mass is 10.1. The number of thiophene rings is 1. The number of carboxylic acids is 1. The van der Waals surface area contributed by atoms with Gasteiger partial charge >= 0.3 is 11.0 Å². The maximum Gasteiger partial charge on any atom is 0.324 e. The molecule has 0 saturated heterocycles. The maximum absolute atomic E-state index is 11.7. The standard InChI is InChI=1S/C10H10N2O5S/c13-8(6-3-7(12(16)17)18-4-6)11-5-10(1-2-10)9(14)15/h3-4H,1-2,5H2,(H,11,13)(H,14,15). The van der Waals surface area contributed by atoms with Crippen molar-refractivity contribution >= 4 is 28.2 Å². The highest BCUT2D eigenvalue weighted by Gasteiger charge is 2.50. The molecule has 96 valence electrons. The minimum atomic E-state index is -0.918. The van der Waals surface area contributed by atoms with Gasteiger partial charge in [0.05, 0.1) is 15.9 Å². The molecule has 1 aliphatic carbocycles. The molecule has 1 saturated carbocycles. The summed E-state index contributed by atoms with van der Waals surface area (Å²) in [5, 5.41) is 23.2. The molecule has 0 spiro atoms. The van der Waals surface area contributed by atoms with Crippen LogP contribution in [0.2, 0.25) is 0 Å². The van der Waals surface area contributed by atoms with E-state index in [-0.39, 0.29) is 17.1 Å². The highest BCUT2D eigenvalue weighted by Crippen LogP contribution is 2.45. The molecule has 8 heteroatoms. The van der Waals surface area contributed by atoms with Crippen LogP contribution in [-0.2, 0) is 4.79 Å². The fourth-order valence-electron chi connectivity index (χ4n) is 1.51. The van der Waals surface area contributed by atoms with Crippen LogP contribution < -0.4 is 5.32 Å². The van der Waals surface area contributed by atoms with E-state index >= 15 is 0 Å². The van der Waals surface area contributed by atoms with Crippen molar-refractivity contribution < 1.29 is 19.6 Å². The van der Waals surface area contributed by atoms with E-state index in [0.29, 0.717) is 12.8 Å². The summed E-state index contributed by atoms with van der Waals surface area (Å²) in [5.41, 5.74) is -0.648. The van der Waals surface area contributed by atoms with Gasteiger partial charge in [-0.25, -0.2) is 0 Å². The summed E-state index contributed by atoms with van der Waals surface area (Å²) in [5.74, 6) is -1.40. The molecule has 1 aromatic heterocycles. The molecule has 0 bridgehead atoms. The number of aliphatic carboxylic acids is 1. The Morgan fingerprint density at radius 3 is 2.67 bits per heavy atom.